The van der Waals surface area contributed by atoms with Gasteiger partial charge in [0, 0.05) is 17.2 Å². The van der Waals surface area contributed by atoms with Crippen LogP contribution in [0.3, 0.4) is 0 Å². The molecule has 0 radical (unpaired) electrons. The standard InChI is InChI=1S/C26H23ClN2O2S/c1-17-14-21(27)15-23-24(17)28-26(32-23)29(16-22-8-5-13-31-22)25(30)20-11-9-19(10-12-20)18-6-3-2-4-7-18/h2-4,6-7,9-12,14-15,22H,5,8,13,16H2,1H3. The third kappa shape index (κ3) is 4.29. The van der Waals surface area contributed by atoms with Gasteiger partial charge in [-0.3, -0.25) is 9.69 Å². The Bertz CT molecular complexity index is 1250. The molecule has 0 saturated carbocycles. The molecule has 1 saturated heterocycles. The lowest BCUT2D eigenvalue weighted by molar-refractivity contribution is 0.0917. The van der Waals surface area contributed by atoms with E-state index < -0.39 is 0 Å². The Hall–Kier alpha value is -2.73. The first-order chi connectivity index (χ1) is 15.6. The maximum atomic E-state index is 13.6. The highest BCUT2D eigenvalue weighted by Crippen LogP contribution is 2.34. The molecule has 6 heteroatoms. The van der Waals surface area contributed by atoms with Crippen molar-refractivity contribution >= 4 is 44.2 Å². The number of halogens is 1. The maximum Gasteiger partial charge on any atom is 0.260 e. The van der Waals surface area contributed by atoms with Gasteiger partial charge in [-0.05, 0) is 60.7 Å². The molecule has 1 fully saturated rings. The molecule has 32 heavy (non-hydrogen) atoms. The van der Waals surface area contributed by atoms with Crippen molar-refractivity contribution in [1.29, 1.82) is 0 Å². The molecular formula is C26H23ClN2O2S. The smallest absolute Gasteiger partial charge is 0.260 e. The van der Waals surface area contributed by atoms with E-state index in [0.29, 0.717) is 22.3 Å². The van der Waals surface area contributed by atoms with Crippen LogP contribution in [0.2, 0.25) is 5.02 Å². The minimum Gasteiger partial charge on any atom is -0.376 e. The Balaban J connectivity index is 1.49. The molecule has 1 amide bonds. The third-order valence-corrected chi connectivity index (χ3v) is 7.01. The zero-order valence-corrected chi connectivity index (χ0v) is 19.3. The molecule has 1 aliphatic heterocycles. The second-order valence-electron chi connectivity index (χ2n) is 8.06. The van der Waals surface area contributed by atoms with Crippen molar-refractivity contribution < 1.29 is 9.53 Å². The molecule has 0 spiro atoms. The van der Waals surface area contributed by atoms with Crippen molar-refractivity contribution in [3.8, 4) is 11.1 Å². The SMILES string of the molecule is Cc1cc(Cl)cc2sc(N(CC3CCCO3)C(=O)c3ccc(-c4ccccc4)cc3)nc12. The maximum absolute atomic E-state index is 13.6. The lowest BCUT2D eigenvalue weighted by Crippen LogP contribution is -2.37. The Morgan fingerprint density at radius 1 is 1.12 bits per heavy atom. The van der Waals surface area contributed by atoms with Crippen LogP contribution in [0, 0.1) is 6.92 Å². The van der Waals surface area contributed by atoms with Gasteiger partial charge in [0.05, 0.1) is 22.9 Å². The van der Waals surface area contributed by atoms with E-state index in [1.165, 1.54) is 11.3 Å². The van der Waals surface area contributed by atoms with Crippen molar-refractivity contribution in [1.82, 2.24) is 4.98 Å². The van der Waals surface area contributed by atoms with E-state index in [4.69, 9.17) is 21.3 Å². The van der Waals surface area contributed by atoms with E-state index in [1.54, 1.807) is 4.90 Å². The highest BCUT2D eigenvalue weighted by molar-refractivity contribution is 7.22. The van der Waals surface area contributed by atoms with Gasteiger partial charge in [-0.1, -0.05) is 65.4 Å². The zero-order valence-electron chi connectivity index (χ0n) is 17.8. The number of carbonyl (C=O) groups excluding carboxylic acids is 1. The van der Waals surface area contributed by atoms with E-state index in [9.17, 15) is 4.79 Å². The number of aryl methyl sites for hydroxylation is 1. The summed E-state index contributed by atoms with van der Waals surface area (Å²) in [7, 11) is 0. The first kappa shape index (κ1) is 21.1. The van der Waals surface area contributed by atoms with Crippen molar-refractivity contribution in [2.45, 2.75) is 25.9 Å². The van der Waals surface area contributed by atoms with Gasteiger partial charge in [-0.2, -0.15) is 0 Å². The summed E-state index contributed by atoms with van der Waals surface area (Å²) < 4.78 is 6.83. The van der Waals surface area contributed by atoms with Gasteiger partial charge in [0.2, 0.25) is 0 Å². The number of amides is 1. The first-order valence-corrected chi connectivity index (χ1v) is 11.9. The van der Waals surface area contributed by atoms with Gasteiger partial charge in [0.1, 0.15) is 0 Å². The quantitative estimate of drug-likeness (QED) is 0.329. The number of hydrogen-bond acceptors (Lipinski definition) is 4. The molecule has 0 N–H and O–H groups in total. The van der Waals surface area contributed by atoms with Crippen molar-refractivity contribution in [3.05, 3.63) is 82.9 Å². The molecule has 5 rings (SSSR count). The third-order valence-electron chi connectivity index (χ3n) is 5.76. The topological polar surface area (TPSA) is 42.4 Å². The average molecular weight is 463 g/mol. The summed E-state index contributed by atoms with van der Waals surface area (Å²) >= 11 is 7.75. The molecule has 4 aromatic rings. The number of thiazole rings is 1. The minimum absolute atomic E-state index is 0.0271. The molecule has 2 heterocycles. The zero-order chi connectivity index (χ0) is 22.1. The van der Waals surface area contributed by atoms with Crippen LogP contribution in [0.5, 0.6) is 0 Å². The molecule has 3 aromatic carbocycles. The summed E-state index contributed by atoms with van der Waals surface area (Å²) in [6, 6.07) is 21.7. The number of carbonyl (C=O) groups is 1. The molecular weight excluding hydrogens is 440 g/mol. The molecule has 1 unspecified atom stereocenters. The fourth-order valence-corrected chi connectivity index (χ4v) is 5.52. The number of benzene rings is 3. The first-order valence-electron chi connectivity index (χ1n) is 10.7. The summed E-state index contributed by atoms with van der Waals surface area (Å²) in [5.41, 5.74) is 4.74. The number of aromatic nitrogens is 1. The van der Waals surface area contributed by atoms with Crippen LogP contribution >= 0.6 is 22.9 Å². The van der Waals surface area contributed by atoms with Crippen LogP contribution in [0.25, 0.3) is 21.3 Å². The van der Waals surface area contributed by atoms with Gasteiger partial charge < -0.3 is 4.74 Å². The lowest BCUT2D eigenvalue weighted by atomic mass is 10.0. The van der Waals surface area contributed by atoms with Gasteiger partial charge in [0.25, 0.3) is 5.91 Å². The van der Waals surface area contributed by atoms with E-state index in [-0.39, 0.29) is 12.0 Å². The predicted octanol–water partition coefficient (Wildman–Crippen LogP) is 6.75. The molecule has 0 aliphatic carbocycles. The number of fused-ring (bicyclic) bond motifs is 1. The van der Waals surface area contributed by atoms with E-state index >= 15 is 0 Å². The van der Waals surface area contributed by atoms with Crippen molar-refractivity contribution in [2.24, 2.45) is 0 Å². The number of anilines is 1. The number of hydrogen-bond donors (Lipinski definition) is 0. The number of ether oxygens (including phenoxy) is 1. The Kier molecular flexibility index (Phi) is 5.96. The van der Waals surface area contributed by atoms with Crippen LogP contribution < -0.4 is 4.90 Å². The Morgan fingerprint density at radius 2 is 1.88 bits per heavy atom. The van der Waals surface area contributed by atoms with Crippen LogP contribution in [-0.2, 0) is 4.74 Å². The van der Waals surface area contributed by atoms with Crippen LogP contribution in [0.15, 0.2) is 66.7 Å². The van der Waals surface area contributed by atoms with Gasteiger partial charge in [0.15, 0.2) is 5.13 Å². The van der Waals surface area contributed by atoms with E-state index in [1.807, 2.05) is 61.5 Å². The predicted molar refractivity (Wildman–Crippen MR) is 132 cm³/mol. The summed E-state index contributed by atoms with van der Waals surface area (Å²) in [6.45, 7) is 3.23. The average Bonchev–Trinajstić information content (AvgIpc) is 3.48. The van der Waals surface area contributed by atoms with Crippen LogP contribution in [-0.4, -0.2) is 30.1 Å². The molecule has 162 valence electrons. The fraction of sp³-hybridized carbons (Fsp3) is 0.231. The van der Waals surface area contributed by atoms with E-state index in [2.05, 4.69) is 12.1 Å². The van der Waals surface area contributed by atoms with Crippen LogP contribution in [0.4, 0.5) is 5.13 Å². The van der Waals surface area contributed by atoms with Crippen molar-refractivity contribution in [2.75, 3.05) is 18.1 Å². The van der Waals surface area contributed by atoms with Crippen LogP contribution in [0.1, 0.15) is 28.8 Å². The van der Waals surface area contributed by atoms with Crippen molar-refractivity contribution in [3.63, 3.8) is 0 Å². The largest absolute Gasteiger partial charge is 0.376 e. The molecule has 1 atom stereocenters. The molecule has 4 nitrogen and oxygen atoms in total. The summed E-state index contributed by atoms with van der Waals surface area (Å²) in [5.74, 6) is -0.0667. The second kappa shape index (κ2) is 9.02. The summed E-state index contributed by atoms with van der Waals surface area (Å²) in [6.07, 6.45) is 2.00. The van der Waals surface area contributed by atoms with Gasteiger partial charge in [-0.15, -0.1) is 0 Å². The summed E-state index contributed by atoms with van der Waals surface area (Å²) in [5, 5.41) is 1.36. The molecule has 1 aliphatic rings. The lowest BCUT2D eigenvalue weighted by Gasteiger charge is -2.23. The van der Waals surface area contributed by atoms with E-state index in [0.717, 1.165) is 46.4 Å². The van der Waals surface area contributed by atoms with Gasteiger partial charge in [-0.25, -0.2) is 4.98 Å². The number of nitrogens with zero attached hydrogens (tertiary/aromatic N) is 2. The second-order valence-corrected chi connectivity index (χ2v) is 9.51. The highest BCUT2D eigenvalue weighted by atomic mass is 35.5. The highest BCUT2D eigenvalue weighted by Gasteiger charge is 2.27. The number of rotatable bonds is 5. The normalized spacial score (nSPS) is 15.9. The monoisotopic (exact) mass is 462 g/mol. The minimum atomic E-state index is -0.0667. The molecule has 1 aromatic heterocycles. The summed E-state index contributed by atoms with van der Waals surface area (Å²) in [4.78, 5) is 20.2. The fourth-order valence-electron chi connectivity index (χ4n) is 4.09. The Labute approximate surface area is 196 Å². The molecule has 0 bridgehead atoms. The van der Waals surface area contributed by atoms with Gasteiger partial charge >= 0.3 is 0 Å². The Morgan fingerprint density at radius 3 is 2.59 bits per heavy atom.